The summed E-state index contributed by atoms with van der Waals surface area (Å²) in [5.41, 5.74) is 2.80. The van der Waals surface area contributed by atoms with Gasteiger partial charge in [0.05, 0.1) is 5.52 Å². The Morgan fingerprint density at radius 1 is 1.13 bits per heavy atom. The van der Waals surface area contributed by atoms with E-state index in [2.05, 4.69) is 10.4 Å². The second-order valence-corrected chi connectivity index (χ2v) is 8.44. The van der Waals surface area contributed by atoms with Gasteiger partial charge in [0.25, 0.3) is 5.56 Å². The first-order valence-corrected chi connectivity index (χ1v) is 10.5. The second-order valence-electron chi connectivity index (χ2n) is 8.00. The number of carbonyl (C=O) groups excluding carboxylic acids is 1. The fourth-order valence-corrected chi connectivity index (χ4v) is 4.33. The molecule has 0 radical (unpaired) electrons. The Labute approximate surface area is 181 Å². The van der Waals surface area contributed by atoms with Gasteiger partial charge >= 0.3 is 0 Å². The Morgan fingerprint density at radius 3 is 2.55 bits per heavy atom. The third kappa shape index (κ3) is 3.65. The number of nitrogens with zero attached hydrogens (tertiary/aromatic N) is 3. The normalized spacial score (nSPS) is 20.3. The highest BCUT2D eigenvalue weighted by molar-refractivity contribution is 6.30. The van der Waals surface area contributed by atoms with Crippen molar-refractivity contribution in [1.82, 2.24) is 9.66 Å². The monoisotopic (exact) mass is 444 g/mol. The van der Waals surface area contributed by atoms with E-state index in [0.29, 0.717) is 30.6 Å². The summed E-state index contributed by atoms with van der Waals surface area (Å²) in [7, 11) is 0. The van der Waals surface area contributed by atoms with Gasteiger partial charge in [-0.1, -0.05) is 23.7 Å². The summed E-state index contributed by atoms with van der Waals surface area (Å²) < 4.78 is 29.1. The van der Waals surface area contributed by atoms with Crippen LogP contribution in [0.1, 0.15) is 30.7 Å². The second kappa shape index (κ2) is 7.60. The van der Waals surface area contributed by atoms with E-state index in [1.165, 1.54) is 0 Å². The summed E-state index contributed by atoms with van der Waals surface area (Å²) in [4.78, 5) is 32.2. The molecule has 9 heteroatoms. The lowest BCUT2D eigenvalue weighted by Gasteiger charge is -2.22. The molecule has 160 valence electrons. The molecule has 1 aliphatic heterocycles. The van der Waals surface area contributed by atoms with Crippen LogP contribution < -0.4 is 15.9 Å². The van der Waals surface area contributed by atoms with E-state index >= 15 is 0 Å². The molecule has 1 N–H and O–H groups in total. The Bertz CT molecular complexity index is 1240. The topological polar surface area (TPSA) is 67.2 Å². The van der Waals surface area contributed by atoms with Gasteiger partial charge in [0, 0.05) is 36.2 Å². The Kier molecular flexibility index (Phi) is 4.89. The molecule has 2 aliphatic rings. The van der Waals surface area contributed by atoms with E-state index in [1.807, 2.05) is 17.0 Å². The molecular formula is C22H19ClF2N4O2. The van der Waals surface area contributed by atoms with E-state index in [-0.39, 0.29) is 34.6 Å². The maximum absolute atomic E-state index is 14.4. The predicted octanol–water partition coefficient (Wildman–Crippen LogP) is 3.80. The van der Waals surface area contributed by atoms with Crippen molar-refractivity contribution < 1.29 is 13.6 Å². The van der Waals surface area contributed by atoms with Crippen molar-refractivity contribution in [1.29, 1.82) is 0 Å². The van der Waals surface area contributed by atoms with E-state index in [9.17, 15) is 18.4 Å². The zero-order chi connectivity index (χ0) is 21.7. The van der Waals surface area contributed by atoms with E-state index in [0.717, 1.165) is 29.1 Å². The number of fused-ring (bicyclic) bond motifs is 1. The van der Waals surface area contributed by atoms with Crippen LogP contribution in [-0.4, -0.2) is 28.7 Å². The number of rotatable bonds is 4. The predicted molar refractivity (Wildman–Crippen MR) is 114 cm³/mol. The van der Waals surface area contributed by atoms with Gasteiger partial charge in [-0.05, 0) is 42.9 Å². The largest absolute Gasteiger partial charge is 0.341 e. The number of aromatic nitrogens is 2. The first-order valence-electron chi connectivity index (χ1n) is 10.2. The molecule has 5 rings (SSSR count). The highest BCUT2D eigenvalue weighted by atomic mass is 35.5. The number of carbonyl (C=O) groups is 1. The van der Waals surface area contributed by atoms with Crippen LogP contribution >= 0.6 is 11.6 Å². The van der Waals surface area contributed by atoms with E-state index in [4.69, 9.17) is 11.6 Å². The fraction of sp³-hybridized carbons (Fsp3) is 0.318. The van der Waals surface area contributed by atoms with Crippen molar-refractivity contribution in [2.24, 2.45) is 5.92 Å². The van der Waals surface area contributed by atoms with Gasteiger partial charge in [0.1, 0.15) is 17.0 Å². The lowest BCUT2D eigenvalue weighted by Crippen LogP contribution is -2.39. The maximum Gasteiger partial charge on any atom is 0.284 e. The highest BCUT2D eigenvalue weighted by Gasteiger charge is 2.44. The van der Waals surface area contributed by atoms with Crippen LogP contribution in [0.2, 0.25) is 5.02 Å². The number of hydrogen-bond acceptors (Lipinski definition) is 4. The molecule has 1 aliphatic carbocycles. The zero-order valence-corrected chi connectivity index (χ0v) is 17.2. The highest BCUT2D eigenvalue weighted by Crippen LogP contribution is 2.47. The third-order valence-corrected chi connectivity index (χ3v) is 6.16. The van der Waals surface area contributed by atoms with E-state index < -0.39 is 17.2 Å². The van der Waals surface area contributed by atoms with Crippen molar-refractivity contribution in [3.05, 3.63) is 69.0 Å². The molecule has 1 amide bonds. The van der Waals surface area contributed by atoms with Crippen molar-refractivity contribution in [3.63, 3.8) is 0 Å². The molecule has 1 unspecified atom stereocenters. The van der Waals surface area contributed by atoms with Crippen LogP contribution in [0, 0.1) is 17.6 Å². The van der Waals surface area contributed by atoms with Gasteiger partial charge in [-0.2, -0.15) is 4.68 Å². The molecule has 1 aromatic heterocycles. The van der Waals surface area contributed by atoms with Gasteiger partial charge in [0.2, 0.25) is 11.9 Å². The summed E-state index contributed by atoms with van der Waals surface area (Å²) >= 11 is 5.93. The number of anilines is 1. The Hall–Kier alpha value is -3.00. The molecule has 2 fully saturated rings. The van der Waals surface area contributed by atoms with E-state index in [1.54, 1.807) is 12.1 Å². The molecule has 6 nitrogen and oxygen atoms in total. The first kappa shape index (κ1) is 19.9. The summed E-state index contributed by atoms with van der Waals surface area (Å²) in [6, 6.07) is 8.98. The number of hydrogen-bond donors (Lipinski definition) is 1. The molecule has 1 saturated heterocycles. The molecule has 0 spiro atoms. The van der Waals surface area contributed by atoms with Crippen molar-refractivity contribution in [2.75, 3.05) is 23.4 Å². The summed E-state index contributed by atoms with van der Waals surface area (Å²) in [5, 5.41) is 0.266. The van der Waals surface area contributed by atoms with Gasteiger partial charge in [-0.3, -0.25) is 15.0 Å². The quantitative estimate of drug-likeness (QED) is 0.664. The standard InChI is InChI=1S/C22H19ClF2N4O2/c23-13-5-3-12(4-6-13)15-11-16(15)20(30)27-29-21(31)19-17(25)9-14(24)10-18(19)26-22(29)28-7-1-2-8-28/h3-6,9-10,15-16H,1-2,7-8,11H2,(H,27,30)/t15-,16?/m1/s1. The number of nitrogens with one attached hydrogen (secondary N) is 1. The van der Waals surface area contributed by atoms with Crippen LogP contribution in [-0.2, 0) is 4.79 Å². The van der Waals surface area contributed by atoms with Crippen LogP contribution in [0.5, 0.6) is 0 Å². The van der Waals surface area contributed by atoms with Crippen molar-refractivity contribution in [3.8, 4) is 0 Å². The number of amides is 1. The minimum absolute atomic E-state index is 0.0300. The first-order chi connectivity index (χ1) is 14.9. The minimum atomic E-state index is -1.01. The lowest BCUT2D eigenvalue weighted by molar-refractivity contribution is -0.118. The van der Waals surface area contributed by atoms with Gasteiger partial charge in [-0.25, -0.2) is 13.8 Å². The summed E-state index contributed by atoms with van der Waals surface area (Å²) in [6.45, 7) is 1.28. The third-order valence-electron chi connectivity index (χ3n) is 5.91. The van der Waals surface area contributed by atoms with Gasteiger partial charge < -0.3 is 4.90 Å². The minimum Gasteiger partial charge on any atom is -0.341 e. The van der Waals surface area contributed by atoms with Crippen LogP contribution in [0.25, 0.3) is 10.9 Å². The molecule has 31 heavy (non-hydrogen) atoms. The molecule has 1 saturated carbocycles. The van der Waals surface area contributed by atoms with Crippen molar-refractivity contribution in [2.45, 2.75) is 25.2 Å². The summed E-state index contributed by atoms with van der Waals surface area (Å²) in [5.74, 6) is -2.25. The number of halogens is 3. The van der Waals surface area contributed by atoms with Crippen LogP contribution in [0.15, 0.2) is 41.2 Å². The molecule has 2 heterocycles. The average molecular weight is 445 g/mol. The molecule has 0 bridgehead atoms. The Balaban J connectivity index is 1.50. The van der Waals surface area contributed by atoms with Crippen LogP contribution in [0.3, 0.4) is 0 Å². The Morgan fingerprint density at radius 2 is 1.84 bits per heavy atom. The maximum atomic E-state index is 14.4. The molecular weight excluding hydrogens is 426 g/mol. The SMILES string of the molecule is O=C(Nn1c(N2CCCC2)nc2cc(F)cc(F)c2c1=O)C1C[C@@H]1c1ccc(Cl)cc1. The van der Waals surface area contributed by atoms with Gasteiger partial charge in [-0.15, -0.1) is 0 Å². The number of benzene rings is 2. The molecule has 2 atom stereocenters. The summed E-state index contributed by atoms with van der Waals surface area (Å²) in [6.07, 6.45) is 2.45. The van der Waals surface area contributed by atoms with Crippen molar-refractivity contribution >= 4 is 34.4 Å². The smallest absolute Gasteiger partial charge is 0.284 e. The molecule has 2 aromatic carbocycles. The van der Waals surface area contributed by atoms with Gasteiger partial charge in [0.15, 0.2) is 0 Å². The lowest BCUT2D eigenvalue weighted by atomic mass is 10.1. The zero-order valence-electron chi connectivity index (χ0n) is 16.4. The average Bonchev–Trinajstić information content (AvgIpc) is 3.34. The van der Waals surface area contributed by atoms with Crippen LogP contribution in [0.4, 0.5) is 14.7 Å². The molecule has 3 aromatic rings. The fourth-order valence-electron chi connectivity index (χ4n) is 4.21.